The fourth-order valence-electron chi connectivity index (χ4n) is 12.2. The first kappa shape index (κ1) is 40.0. The van der Waals surface area contributed by atoms with Crippen LogP contribution in [0, 0.1) is 68.5 Å². The first-order valence-corrected chi connectivity index (χ1v) is 19.8. The SMILES string of the molecule is CC(C)[C@@H](C)[C@@]1(C)CC[C@]2(C)[C@H]3CC[C@@H]4[C@@]5(COC[C@]4(C)[C@@H](OC[C@](C)(N)C(C)C)[C@H](C)C5)C3=CC[C@@]2(C)[C@@H]1C(=O)O.CCC(=O)c1nn[nH]n1. The van der Waals surface area contributed by atoms with E-state index in [1.807, 2.05) is 0 Å². The Labute approximate surface area is 307 Å². The van der Waals surface area contributed by atoms with Gasteiger partial charge in [0.25, 0.3) is 0 Å². The number of nitrogens with two attached hydrogens (primary N) is 1. The number of hydrogen-bond acceptors (Lipinski definition) is 8. The number of allylic oxidation sites excluding steroid dienone is 1. The van der Waals surface area contributed by atoms with Gasteiger partial charge in [0.1, 0.15) is 0 Å². The number of fused-ring (bicyclic) bond motifs is 3. The van der Waals surface area contributed by atoms with E-state index in [0.29, 0.717) is 48.5 Å². The monoisotopic (exact) mass is 712 g/mol. The number of ketones is 1. The molecule has 0 unspecified atom stereocenters. The van der Waals surface area contributed by atoms with Gasteiger partial charge >= 0.3 is 5.97 Å². The predicted octanol–water partition coefficient (Wildman–Crippen LogP) is 7.76. The number of hydrogen-bond donors (Lipinski definition) is 3. The van der Waals surface area contributed by atoms with Gasteiger partial charge in [-0.1, -0.05) is 87.8 Å². The van der Waals surface area contributed by atoms with Crippen LogP contribution in [0.1, 0.15) is 139 Å². The van der Waals surface area contributed by atoms with Crippen molar-refractivity contribution in [2.45, 2.75) is 140 Å². The summed E-state index contributed by atoms with van der Waals surface area (Å²) in [7, 11) is 0. The summed E-state index contributed by atoms with van der Waals surface area (Å²) in [5.41, 5.74) is 7.38. The van der Waals surface area contributed by atoms with Crippen LogP contribution < -0.4 is 5.73 Å². The zero-order valence-corrected chi connectivity index (χ0v) is 33.8. The van der Waals surface area contributed by atoms with Gasteiger partial charge in [0.05, 0.1) is 31.8 Å². The molecule has 6 rings (SSSR count). The van der Waals surface area contributed by atoms with Crippen molar-refractivity contribution in [3.8, 4) is 0 Å². The Morgan fingerprint density at radius 3 is 2.35 bits per heavy atom. The van der Waals surface area contributed by atoms with Crippen molar-refractivity contribution in [3.05, 3.63) is 17.5 Å². The van der Waals surface area contributed by atoms with Crippen LogP contribution in [0.2, 0.25) is 0 Å². The van der Waals surface area contributed by atoms with Gasteiger partial charge < -0.3 is 20.3 Å². The summed E-state index contributed by atoms with van der Waals surface area (Å²) in [5, 5.41) is 23.3. The lowest BCUT2D eigenvalue weighted by molar-refractivity contribution is -0.253. The Morgan fingerprint density at radius 1 is 1.10 bits per heavy atom. The Hall–Kier alpha value is -2.17. The van der Waals surface area contributed by atoms with Crippen LogP contribution in [0.3, 0.4) is 0 Å². The van der Waals surface area contributed by atoms with Gasteiger partial charge in [-0.2, -0.15) is 5.21 Å². The molecule has 5 aliphatic rings. The molecule has 4 fully saturated rings. The standard InChI is InChI=1S/C37H63NO4.C4H6N4O/c1-22(2)25(6)32(7)16-17-34(9)26-12-13-28-33(8)19-41-21-37(28,27(26)14-15-35(34,10)29(32)31(39)40)18-24(5)30(33)42-20-36(11,38)23(3)4;1-2-3(9)4-5-7-8-6-4/h14,22-26,28-30H,12-13,15-21,38H2,1-11H3,(H,39,40);2H2,1H3,(H,5,6,7,8)/t24-,25-,26+,28+,29-,30+,32-,33+,34-,35+,36+,37+;/m1./s1. The molecule has 4 aliphatic carbocycles. The molecule has 0 spiro atoms. The summed E-state index contributed by atoms with van der Waals surface area (Å²) >= 11 is 0. The Kier molecular flexibility index (Phi) is 10.9. The van der Waals surface area contributed by atoms with Crippen molar-refractivity contribution in [1.29, 1.82) is 0 Å². The van der Waals surface area contributed by atoms with Gasteiger partial charge in [0, 0.05) is 22.8 Å². The maximum Gasteiger partial charge on any atom is 0.307 e. The number of rotatable bonds is 9. The molecule has 1 saturated heterocycles. The lowest BCUT2D eigenvalue weighted by Gasteiger charge is -2.71. The van der Waals surface area contributed by atoms with E-state index in [0.717, 1.165) is 45.3 Å². The second kappa shape index (κ2) is 13.9. The molecule has 10 heteroatoms. The highest BCUT2D eigenvalue weighted by Crippen LogP contribution is 2.75. The summed E-state index contributed by atoms with van der Waals surface area (Å²) in [6.07, 6.45) is 9.44. The molecule has 3 saturated carbocycles. The van der Waals surface area contributed by atoms with Crippen LogP contribution in [-0.2, 0) is 14.3 Å². The van der Waals surface area contributed by atoms with Crippen molar-refractivity contribution >= 4 is 11.8 Å². The molecule has 2 heterocycles. The van der Waals surface area contributed by atoms with Crippen molar-refractivity contribution in [3.63, 3.8) is 0 Å². The van der Waals surface area contributed by atoms with Crippen LogP contribution in [0.4, 0.5) is 0 Å². The van der Waals surface area contributed by atoms with Crippen molar-refractivity contribution < 1.29 is 24.2 Å². The second-order valence-corrected chi connectivity index (χ2v) is 19.4. The zero-order chi connectivity index (χ0) is 37.9. The molecule has 0 aromatic carbocycles. The molecule has 10 nitrogen and oxygen atoms in total. The maximum absolute atomic E-state index is 13.3. The topological polar surface area (TPSA) is 153 Å². The van der Waals surface area contributed by atoms with E-state index < -0.39 is 5.97 Å². The Balaban J connectivity index is 0.000000488. The molecule has 12 atom stereocenters. The number of ether oxygens (including phenoxy) is 2. The highest BCUT2D eigenvalue weighted by Gasteiger charge is 2.71. The second-order valence-electron chi connectivity index (χ2n) is 19.4. The first-order valence-electron chi connectivity index (χ1n) is 19.8. The summed E-state index contributed by atoms with van der Waals surface area (Å²) in [6.45, 7) is 29.1. The van der Waals surface area contributed by atoms with E-state index in [-0.39, 0.29) is 56.2 Å². The molecule has 4 N–H and O–H groups in total. The van der Waals surface area contributed by atoms with E-state index >= 15 is 0 Å². The van der Waals surface area contributed by atoms with Gasteiger partial charge in [-0.25, -0.2) is 0 Å². The molecular weight excluding hydrogens is 642 g/mol. The molecular formula is C41H69N5O5. The van der Waals surface area contributed by atoms with E-state index in [4.69, 9.17) is 15.2 Å². The van der Waals surface area contributed by atoms with Crippen LogP contribution in [-0.4, -0.2) is 68.9 Å². The normalized spacial score (nSPS) is 41.9. The molecule has 2 bridgehead atoms. The number of carbonyl (C=O) groups excluding carboxylic acids is 1. The molecule has 0 amide bonds. The molecule has 1 aromatic rings. The molecule has 1 aliphatic heterocycles. The van der Waals surface area contributed by atoms with Gasteiger partial charge in [0.15, 0.2) is 0 Å². The maximum atomic E-state index is 13.3. The minimum absolute atomic E-state index is 0.0221. The summed E-state index contributed by atoms with van der Waals surface area (Å²) in [4.78, 5) is 24.0. The Morgan fingerprint density at radius 2 is 1.78 bits per heavy atom. The van der Waals surface area contributed by atoms with Crippen LogP contribution in [0.15, 0.2) is 11.6 Å². The first-order chi connectivity index (χ1) is 23.7. The van der Waals surface area contributed by atoms with E-state index in [9.17, 15) is 14.7 Å². The number of nitrogens with zero attached hydrogens (tertiary/aromatic N) is 3. The number of tetrazole rings is 1. The summed E-state index contributed by atoms with van der Waals surface area (Å²) in [5.74, 6) is 1.64. The number of carboxylic acid groups (broad SMARTS) is 1. The third-order valence-electron chi connectivity index (χ3n) is 16.2. The Bertz CT molecular complexity index is 1460. The number of carbonyl (C=O) groups is 2. The quantitative estimate of drug-likeness (QED) is 0.172. The van der Waals surface area contributed by atoms with Gasteiger partial charge in [-0.15, -0.1) is 10.2 Å². The fourth-order valence-corrected chi connectivity index (χ4v) is 12.2. The average molecular weight is 712 g/mol. The number of aliphatic carboxylic acids is 1. The number of aromatic amines is 1. The van der Waals surface area contributed by atoms with Gasteiger partial charge in [-0.3, -0.25) is 9.59 Å². The van der Waals surface area contributed by atoms with Gasteiger partial charge in [0.2, 0.25) is 11.6 Å². The number of aromatic nitrogens is 4. The van der Waals surface area contributed by atoms with Crippen LogP contribution >= 0.6 is 0 Å². The third kappa shape index (κ3) is 6.25. The van der Waals surface area contributed by atoms with Crippen molar-refractivity contribution in [2.75, 3.05) is 19.8 Å². The largest absolute Gasteiger partial charge is 0.481 e. The fraction of sp³-hybridized carbons (Fsp3) is 0.878. The lowest BCUT2D eigenvalue weighted by Crippen LogP contribution is -2.69. The molecule has 51 heavy (non-hydrogen) atoms. The summed E-state index contributed by atoms with van der Waals surface area (Å²) in [6, 6.07) is 0. The number of carboxylic acids is 1. The smallest absolute Gasteiger partial charge is 0.307 e. The van der Waals surface area contributed by atoms with E-state index in [1.54, 1.807) is 12.5 Å². The van der Waals surface area contributed by atoms with Crippen molar-refractivity contribution in [2.24, 2.45) is 74.2 Å². The highest BCUT2D eigenvalue weighted by molar-refractivity contribution is 5.91. The molecule has 0 radical (unpaired) electrons. The van der Waals surface area contributed by atoms with E-state index in [1.165, 1.54) is 6.42 Å². The lowest BCUT2D eigenvalue weighted by atomic mass is 9.34. The average Bonchev–Trinajstić information content (AvgIpc) is 3.59. The predicted molar refractivity (Wildman–Crippen MR) is 199 cm³/mol. The summed E-state index contributed by atoms with van der Waals surface area (Å²) < 4.78 is 13.4. The van der Waals surface area contributed by atoms with Crippen LogP contribution in [0.25, 0.3) is 0 Å². The number of H-pyrrole nitrogens is 1. The third-order valence-corrected chi connectivity index (χ3v) is 16.2. The molecule has 288 valence electrons. The van der Waals surface area contributed by atoms with Crippen molar-refractivity contribution in [1.82, 2.24) is 20.6 Å². The van der Waals surface area contributed by atoms with E-state index in [2.05, 4.69) is 103 Å². The van der Waals surface area contributed by atoms with Gasteiger partial charge in [-0.05, 0) is 102 Å². The molecule has 1 aromatic heterocycles. The minimum Gasteiger partial charge on any atom is -0.481 e. The minimum atomic E-state index is -0.588. The number of Topliss-reactive ketones (excluding diaryl/α,β-unsaturated/α-hetero) is 1. The number of nitrogens with one attached hydrogen (secondary N) is 1. The highest BCUT2D eigenvalue weighted by atomic mass is 16.5. The zero-order valence-electron chi connectivity index (χ0n) is 33.8. The van der Waals surface area contributed by atoms with Crippen LogP contribution in [0.5, 0.6) is 0 Å².